The van der Waals surface area contributed by atoms with Crippen LogP contribution < -0.4 is 0 Å². The number of alkyl halides is 2. The van der Waals surface area contributed by atoms with E-state index in [1.54, 1.807) is 6.07 Å². The van der Waals surface area contributed by atoms with Crippen molar-refractivity contribution in [3.05, 3.63) is 35.4 Å². The lowest BCUT2D eigenvalue weighted by Crippen LogP contribution is -2.02. The second-order valence-corrected chi connectivity index (χ2v) is 4.11. The molecule has 0 fully saturated rings. The van der Waals surface area contributed by atoms with Crippen molar-refractivity contribution in [2.45, 2.75) is 25.4 Å². The fourth-order valence-electron chi connectivity index (χ4n) is 1.47. The molecule has 0 heterocycles. The third kappa shape index (κ3) is 4.12. The molecule has 0 aliphatic heterocycles. The molecular formula is C12H14BrFO. The Kier molecular flexibility index (Phi) is 5.54. The molecule has 0 bridgehead atoms. The second kappa shape index (κ2) is 6.72. The smallest absolute Gasteiger partial charge is 0.150 e. The van der Waals surface area contributed by atoms with Gasteiger partial charge in [0.05, 0.1) is 0 Å². The van der Waals surface area contributed by atoms with Crippen molar-refractivity contribution in [3.8, 4) is 0 Å². The van der Waals surface area contributed by atoms with Crippen LogP contribution in [-0.4, -0.2) is 17.8 Å². The van der Waals surface area contributed by atoms with E-state index in [0.717, 1.165) is 24.7 Å². The first kappa shape index (κ1) is 12.4. The van der Waals surface area contributed by atoms with Crippen LogP contribution in [-0.2, 0) is 6.42 Å². The Morgan fingerprint density at radius 2 is 2.13 bits per heavy atom. The zero-order valence-electron chi connectivity index (χ0n) is 8.46. The van der Waals surface area contributed by atoms with Crippen molar-refractivity contribution < 1.29 is 9.18 Å². The molecule has 0 radical (unpaired) electrons. The van der Waals surface area contributed by atoms with E-state index in [9.17, 15) is 9.18 Å². The monoisotopic (exact) mass is 272 g/mol. The minimum atomic E-state index is -0.784. The van der Waals surface area contributed by atoms with Crippen LogP contribution in [0, 0.1) is 0 Å². The molecule has 3 heteroatoms. The van der Waals surface area contributed by atoms with Crippen LogP contribution in [0.5, 0.6) is 0 Å². The molecule has 15 heavy (non-hydrogen) atoms. The number of carbonyl (C=O) groups excluding carboxylic acids is 1. The van der Waals surface area contributed by atoms with Gasteiger partial charge in [0.25, 0.3) is 0 Å². The summed E-state index contributed by atoms with van der Waals surface area (Å²) in [5.74, 6) is 0. The average molecular weight is 273 g/mol. The van der Waals surface area contributed by atoms with Gasteiger partial charge in [0.1, 0.15) is 12.5 Å². The number of hydrogen-bond acceptors (Lipinski definition) is 1. The lowest BCUT2D eigenvalue weighted by molar-refractivity contribution is 0.112. The van der Waals surface area contributed by atoms with Crippen LogP contribution >= 0.6 is 15.9 Å². The van der Waals surface area contributed by atoms with E-state index in [2.05, 4.69) is 15.9 Å². The Hall–Kier alpha value is -0.700. The van der Waals surface area contributed by atoms with Crippen LogP contribution in [0.2, 0.25) is 0 Å². The van der Waals surface area contributed by atoms with Crippen LogP contribution in [0.15, 0.2) is 24.3 Å². The van der Waals surface area contributed by atoms with E-state index in [1.807, 2.05) is 18.2 Å². The van der Waals surface area contributed by atoms with E-state index in [1.165, 1.54) is 0 Å². The first-order chi connectivity index (χ1) is 7.27. The highest BCUT2D eigenvalue weighted by atomic mass is 79.9. The summed E-state index contributed by atoms with van der Waals surface area (Å²) in [6, 6.07) is 7.45. The van der Waals surface area contributed by atoms with E-state index >= 15 is 0 Å². The Balaban J connectivity index is 2.46. The van der Waals surface area contributed by atoms with Gasteiger partial charge in [0.2, 0.25) is 0 Å². The summed E-state index contributed by atoms with van der Waals surface area (Å²) in [4.78, 5) is 10.7. The molecule has 1 rings (SSSR count). The Morgan fingerprint density at radius 1 is 1.40 bits per heavy atom. The third-order valence-corrected chi connectivity index (χ3v) is 3.02. The molecule has 1 aromatic carbocycles. The topological polar surface area (TPSA) is 17.1 Å². The lowest BCUT2D eigenvalue weighted by atomic mass is 10.0. The normalized spacial score (nSPS) is 12.4. The minimum Gasteiger partial charge on any atom is -0.298 e. The number of aryl methyl sites for hydroxylation is 1. The van der Waals surface area contributed by atoms with Crippen molar-refractivity contribution in [1.82, 2.24) is 0 Å². The molecule has 0 saturated heterocycles. The summed E-state index contributed by atoms with van der Waals surface area (Å²) < 4.78 is 12.9. The molecule has 0 aliphatic rings. The Bertz CT molecular complexity index is 314. The predicted octanol–water partition coefficient (Wildman–Crippen LogP) is 3.55. The molecule has 0 N–H and O–H groups in total. The van der Waals surface area contributed by atoms with E-state index in [0.29, 0.717) is 17.3 Å². The van der Waals surface area contributed by atoms with Gasteiger partial charge in [0.15, 0.2) is 0 Å². The van der Waals surface area contributed by atoms with Crippen LogP contribution in [0.25, 0.3) is 0 Å². The summed E-state index contributed by atoms with van der Waals surface area (Å²) in [7, 11) is 0. The maximum absolute atomic E-state index is 12.9. The molecule has 1 unspecified atom stereocenters. The Morgan fingerprint density at radius 3 is 2.80 bits per heavy atom. The highest BCUT2D eigenvalue weighted by Gasteiger charge is 2.05. The number of benzene rings is 1. The Labute approximate surface area is 97.8 Å². The number of hydrogen-bond donors (Lipinski definition) is 0. The van der Waals surface area contributed by atoms with Gasteiger partial charge in [-0.25, -0.2) is 4.39 Å². The number of rotatable bonds is 6. The third-order valence-electron chi connectivity index (χ3n) is 2.31. The number of aldehydes is 1. The first-order valence-electron chi connectivity index (χ1n) is 5.01. The SMILES string of the molecule is O=Cc1ccccc1CCCC(F)CBr. The molecule has 0 amide bonds. The van der Waals surface area contributed by atoms with Gasteiger partial charge < -0.3 is 0 Å². The van der Waals surface area contributed by atoms with Crippen molar-refractivity contribution in [2.75, 3.05) is 5.33 Å². The minimum absolute atomic E-state index is 0.391. The first-order valence-corrected chi connectivity index (χ1v) is 6.13. The van der Waals surface area contributed by atoms with Gasteiger partial charge in [-0.2, -0.15) is 0 Å². The molecule has 0 spiro atoms. The van der Waals surface area contributed by atoms with Crippen molar-refractivity contribution in [3.63, 3.8) is 0 Å². The van der Waals surface area contributed by atoms with Crippen molar-refractivity contribution >= 4 is 22.2 Å². The molecule has 1 nitrogen and oxygen atoms in total. The standard InChI is InChI=1S/C12H14BrFO/c13-8-12(14)7-3-6-10-4-1-2-5-11(10)9-15/h1-2,4-5,9,12H,3,6-8H2. The lowest BCUT2D eigenvalue weighted by Gasteiger charge is -2.06. The molecule has 1 aromatic rings. The maximum Gasteiger partial charge on any atom is 0.150 e. The summed E-state index contributed by atoms with van der Waals surface area (Å²) in [5.41, 5.74) is 1.72. The largest absolute Gasteiger partial charge is 0.298 e. The van der Waals surface area contributed by atoms with Gasteiger partial charge in [-0.3, -0.25) is 4.79 Å². The number of halogens is 2. The summed E-state index contributed by atoms with van der Waals surface area (Å²) in [5, 5.41) is 0.391. The van der Waals surface area contributed by atoms with Gasteiger partial charge in [-0.05, 0) is 24.8 Å². The van der Waals surface area contributed by atoms with E-state index < -0.39 is 6.17 Å². The predicted molar refractivity (Wildman–Crippen MR) is 63.5 cm³/mol. The fourth-order valence-corrected chi connectivity index (χ4v) is 1.79. The second-order valence-electron chi connectivity index (χ2n) is 3.46. The van der Waals surface area contributed by atoms with Gasteiger partial charge >= 0.3 is 0 Å². The summed E-state index contributed by atoms with van der Waals surface area (Å²) in [6.07, 6.45) is 2.15. The number of carbonyl (C=O) groups is 1. The maximum atomic E-state index is 12.9. The van der Waals surface area contributed by atoms with Gasteiger partial charge in [-0.1, -0.05) is 40.2 Å². The van der Waals surface area contributed by atoms with Crippen molar-refractivity contribution in [2.24, 2.45) is 0 Å². The summed E-state index contributed by atoms with van der Waals surface area (Å²) >= 11 is 3.10. The quantitative estimate of drug-likeness (QED) is 0.572. The fraction of sp³-hybridized carbons (Fsp3) is 0.417. The molecule has 82 valence electrons. The van der Waals surface area contributed by atoms with Gasteiger partial charge in [0, 0.05) is 10.9 Å². The summed E-state index contributed by atoms with van der Waals surface area (Å²) in [6.45, 7) is 0. The highest BCUT2D eigenvalue weighted by Crippen LogP contribution is 2.13. The van der Waals surface area contributed by atoms with E-state index in [4.69, 9.17) is 0 Å². The van der Waals surface area contributed by atoms with Crippen LogP contribution in [0.4, 0.5) is 4.39 Å². The molecule has 0 aliphatic carbocycles. The van der Waals surface area contributed by atoms with Crippen LogP contribution in [0.3, 0.4) is 0 Å². The molecule has 1 atom stereocenters. The molecule has 0 saturated carbocycles. The molecule has 0 aromatic heterocycles. The van der Waals surface area contributed by atoms with E-state index in [-0.39, 0.29) is 0 Å². The zero-order valence-corrected chi connectivity index (χ0v) is 10.0. The van der Waals surface area contributed by atoms with Crippen molar-refractivity contribution in [1.29, 1.82) is 0 Å². The highest BCUT2D eigenvalue weighted by molar-refractivity contribution is 9.09. The molecular weight excluding hydrogens is 259 g/mol. The van der Waals surface area contributed by atoms with Gasteiger partial charge in [-0.15, -0.1) is 0 Å². The zero-order chi connectivity index (χ0) is 11.1. The average Bonchev–Trinajstić information content (AvgIpc) is 2.29. The van der Waals surface area contributed by atoms with Crippen LogP contribution in [0.1, 0.15) is 28.8 Å².